The summed E-state index contributed by atoms with van der Waals surface area (Å²) in [7, 11) is 0. The van der Waals surface area contributed by atoms with E-state index < -0.39 is 11.5 Å². The quantitative estimate of drug-likeness (QED) is 0.708. The Morgan fingerprint density at radius 1 is 1.36 bits per heavy atom. The van der Waals surface area contributed by atoms with Crippen LogP contribution in [0.2, 0.25) is 0 Å². The molecule has 1 saturated carbocycles. The number of nitrogens with two attached hydrogens (primary N) is 1. The van der Waals surface area contributed by atoms with Crippen LogP contribution in [0.5, 0.6) is 0 Å². The second kappa shape index (κ2) is 7.94. The van der Waals surface area contributed by atoms with Crippen LogP contribution in [0.1, 0.15) is 53.4 Å². The molecule has 6 heteroatoms. The summed E-state index contributed by atoms with van der Waals surface area (Å²) in [5.74, 6) is 0.410. The number of hydrogen-bond acceptors (Lipinski definition) is 3. The Bertz CT molecular complexity index is 604. The third-order valence-corrected chi connectivity index (χ3v) is 5.69. The van der Waals surface area contributed by atoms with Crippen molar-refractivity contribution in [1.82, 2.24) is 4.90 Å². The van der Waals surface area contributed by atoms with Crippen LogP contribution in [0.25, 0.3) is 0 Å². The second-order valence-electron chi connectivity index (χ2n) is 8.00. The molecule has 25 heavy (non-hydrogen) atoms. The van der Waals surface area contributed by atoms with Crippen LogP contribution < -0.4 is 5.73 Å². The van der Waals surface area contributed by atoms with Crippen molar-refractivity contribution in [3.63, 3.8) is 0 Å². The lowest BCUT2D eigenvalue weighted by atomic mass is 9.74. The highest BCUT2D eigenvalue weighted by molar-refractivity contribution is 9.12. The fourth-order valence-electron chi connectivity index (χ4n) is 3.62. The molecule has 1 heterocycles. The van der Waals surface area contributed by atoms with E-state index in [-0.39, 0.29) is 6.09 Å². The van der Waals surface area contributed by atoms with E-state index in [2.05, 4.69) is 22.0 Å². The molecule has 0 aromatic heterocycles. The van der Waals surface area contributed by atoms with Crippen molar-refractivity contribution in [3.8, 4) is 0 Å². The van der Waals surface area contributed by atoms with Gasteiger partial charge in [-0.15, -0.1) is 0 Å². The number of likely N-dealkylation sites (tertiary alicyclic amines) is 1. The third kappa shape index (κ3) is 5.33. The van der Waals surface area contributed by atoms with Crippen molar-refractivity contribution in [2.24, 2.45) is 17.6 Å². The number of allylic oxidation sites excluding steroid dienone is 2. The molecule has 0 radical (unpaired) electrons. The van der Waals surface area contributed by atoms with E-state index in [0.29, 0.717) is 22.9 Å². The molecular weight excluding hydrogens is 384 g/mol. The molecule has 1 aliphatic carbocycles. The van der Waals surface area contributed by atoms with Gasteiger partial charge >= 0.3 is 6.09 Å². The highest BCUT2D eigenvalue weighted by atomic mass is 79.9. The molecule has 1 unspecified atom stereocenters. The summed E-state index contributed by atoms with van der Waals surface area (Å²) in [5.41, 5.74) is 7.15. The maximum Gasteiger partial charge on any atom is 0.410 e. The van der Waals surface area contributed by atoms with E-state index in [1.165, 1.54) is 5.57 Å². The molecule has 0 aromatic rings. The molecule has 140 valence electrons. The van der Waals surface area contributed by atoms with Gasteiger partial charge in [-0.3, -0.25) is 4.79 Å². The molecule has 1 aliphatic heterocycles. The van der Waals surface area contributed by atoms with E-state index in [1.54, 1.807) is 0 Å². The standard InChI is InChI=1S/C19H29BrN2O3/c1-5-13(16(20)17(21)23)9-14-7-6-12-8-15(14)11-22(10-12)18(24)25-19(2,3)4/h9,12,15H,5-8,10-11H2,1-4H3,(H2,21,23)/b14-9+,16-13+/t12?,15-/m0/s1. The van der Waals surface area contributed by atoms with Crippen molar-refractivity contribution in [2.45, 2.75) is 59.0 Å². The second-order valence-corrected chi connectivity index (χ2v) is 8.79. The van der Waals surface area contributed by atoms with Crippen LogP contribution >= 0.6 is 15.9 Å². The zero-order chi connectivity index (χ0) is 18.8. The predicted octanol–water partition coefficient (Wildman–Crippen LogP) is 4.12. The highest BCUT2D eigenvalue weighted by Gasteiger charge is 2.36. The molecule has 1 saturated heterocycles. The first-order chi connectivity index (χ1) is 11.6. The zero-order valence-electron chi connectivity index (χ0n) is 15.6. The number of amides is 2. The summed E-state index contributed by atoms with van der Waals surface area (Å²) >= 11 is 3.31. The number of rotatable bonds is 3. The molecule has 2 bridgehead atoms. The predicted molar refractivity (Wildman–Crippen MR) is 102 cm³/mol. The van der Waals surface area contributed by atoms with E-state index in [4.69, 9.17) is 10.5 Å². The Hall–Kier alpha value is -1.30. The first kappa shape index (κ1) is 20.0. The fraction of sp³-hybridized carbons (Fsp3) is 0.684. The maximum atomic E-state index is 12.4. The SMILES string of the molecule is CCC(/C=C1\CCC2C[C@H]1CN(C(=O)OC(C)(C)C)C2)=C(\Br)C(N)=O. The van der Waals surface area contributed by atoms with Crippen molar-refractivity contribution in [1.29, 1.82) is 0 Å². The maximum absolute atomic E-state index is 12.4. The molecule has 2 rings (SSSR count). The monoisotopic (exact) mass is 412 g/mol. The first-order valence-electron chi connectivity index (χ1n) is 8.97. The van der Waals surface area contributed by atoms with Crippen LogP contribution in [-0.4, -0.2) is 35.6 Å². The van der Waals surface area contributed by atoms with Gasteiger partial charge in [-0.2, -0.15) is 0 Å². The van der Waals surface area contributed by atoms with E-state index in [1.807, 2.05) is 32.6 Å². The molecule has 2 amide bonds. The van der Waals surface area contributed by atoms with Crippen molar-refractivity contribution in [3.05, 3.63) is 21.7 Å². The minimum absolute atomic E-state index is 0.229. The van der Waals surface area contributed by atoms with Gasteiger partial charge in [-0.25, -0.2) is 4.79 Å². The lowest BCUT2D eigenvalue weighted by Crippen LogP contribution is -2.48. The van der Waals surface area contributed by atoms with E-state index >= 15 is 0 Å². The van der Waals surface area contributed by atoms with Crippen LogP contribution in [0.3, 0.4) is 0 Å². The average molecular weight is 413 g/mol. The van der Waals surface area contributed by atoms with E-state index in [9.17, 15) is 9.59 Å². The van der Waals surface area contributed by atoms with Gasteiger partial charge in [-0.1, -0.05) is 18.6 Å². The number of hydrogen-bond donors (Lipinski definition) is 1. The van der Waals surface area contributed by atoms with Crippen LogP contribution in [0, 0.1) is 11.8 Å². The van der Waals surface area contributed by atoms with Gasteiger partial charge < -0.3 is 15.4 Å². The number of ether oxygens (including phenoxy) is 1. The number of primary amides is 1. The largest absolute Gasteiger partial charge is 0.444 e. The highest BCUT2D eigenvalue weighted by Crippen LogP contribution is 2.39. The number of piperidine rings is 1. The first-order valence-corrected chi connectivity index (χ1v) is 9.76. The van der Waals surface area contributed by atoms with Gasteiger partial charge in [0.25, 0.3) is 5.91 Å². The van der Waals surface area contributed by atoms with Gasteiger partial charge in [-0.05, 0) is 79.8 Å². The van der Waals surface area contributed by atoms with Crippen molar-refractivity contribution in [2.75, 3.05) is 13.1 Å². The zero-order valence-corrected chi connectivity index (χ0v) is 17.2. The Kier molecular flexibility index (Phi) is 6.35. The summed E-state index contributed by atoms with van der Waals surface area (Å²) < 4.78 is 5.99. The number of carbonyl (C=O) groups is 2. The molecule has 5 nitrogen and oxygen atoms in total. The van der Waals surface area contributed by atoms with Crippen molar-refractivity contribution < 1.29 is 14.3 Å². The van der Waals surface area contributed by atoms with Gasteiger partial charge in [0.15, 0.2) is 0 Å². The van der Waals surface area contributed by atoms with Crippen LogP contribution in [-0.2, 0) is 9.53 Å². The molecule has 2 N–H and O–H groups in total. The summed E-state index contributed by atoms with van der Waals surface area (Å²) in [6.07, 6.45) is 5.78. The lowest BCUT2D eigenvalue weighted by Gasteiger charge is -2.43. The lowest BCUT2D eigenvalue weighted by molar-refractivity contribution is -0.113. The number of halogens is 1. The molecule has 2 atom stereocenters. The number of fused-ring (bicyclic) bond motifs is 2. The molecule has 0 aromatic carbocycles. The van der Waals surface area contributed by atoms with Gasteiger partial charge in [0, 0.05) is 13.1 Å². The topological polar surface area (TPSA) is 72.6 Å². The van der Waals surface area contributed by atoms with Gasteiger partial charge in [0.2, 0.25) is 0 Å². The minimum Gasteiger partial charge on any atom is -0.444 e. The van der Waals surface area contributed by atoms with E-state index in [0.717, 1.165) is 37.8 Å². The summed E-state index contributed by atoms with van der Waals surface area (Å²) in [5, 5.41) is 0. The Balaban J connectivity index is 2.18. The molecule has 2 aliphatic rings. The molecular formula is C19H29BrN2O3. The Labute approximate surface area is 158 Å². The summed E-state index contributed by atoms with van der Waals surface area (Å²) in [6, 6.07) is 0. The fourth-order valence-corrected chi connectivity index (χ4v) is 4.02. The summed E-state index contributed by atoms with van der Waals surface area (Å²) in [6.45, 7) is 9.14. The smallest absolute Gasteiger partial charge is 0.410 e. The normalized spacial score (nSPS) is 26.3. The Morgan fingerprint density at radius 2 is 2.04 bits per heavy atom. The Morgan fingerprint density at radius 3 is 2.60 bits per heavy atom. The number of carbonyl (C=O) groups excluding carboxylic acids is 2. The summed E-state index contributed by atoms with van der Waals surface area (Å²) in [4.78, 5) is 25.7. The van der Waals surface area contributed by atoms with Gasteiger partial charge in [0.05, 0.1) is 4.48 Å². The molecule has 0 spiro atoms. The minimum atomic E-state index is -0.479. The number of nitrogens with zero attached hydrogens (tertiary/aromatic N) is 1. The molecule has 2 fully saturated rings. The van der Waals surface area contributed by atoms with Crippen LogP contribution in [0.4, 0.5) is 4.79 Å². The average Bonchev–Trinajstić information content (AvgIpc) is 2.51. The van der Waals surface area contributed by atoms with Crippen LogP contribution in [0.15, 0.2) is 21.7 Å². The van der Waals surface area contributed by atoms with Gasteiger partial charge in [0.1, 0.15) is 5.60 Å². The third-order valence-electron chi connectivity index (χ3n) is 4.79. The van der Waals surface area contributed by atoms with Crippen molar-refractivity contribution >= 4 is 27.9 Å².